The number of rotatable bonds is 4. The van der Waals surface area contributed by atoms with Crippen LogP contribution in [0.15, 0.2) is 53.3 Å². The molecule has 24 heavy (non-hydrogen) atoms. The van der Waals surface area contributed by atoms with E-state index in [9.17, 15) is 4.79 Å². The Morgan fingerprint density at radius 3 is 2.62 bits per heavy atom. The van der Waals surface area contributed by atoms with Gasteiger partial charge in [-0.3, -0.25) is 4.57 Å². The van der Waals surface area contributed by atoms with Crippen LogP contribution in [0, 0.1) is 11.3 Å². The number of hydrogen-bond donors (Lipinski definition) is 1. The van der Waals surface area contributed by atoms with E-state index in [1.807, 2.05) is 53.1 Å². The molecule has 0 unspecified atom stereocenters. The number of aromatic amines is 1. The van der Waals surface area contributed by atoms with Gasteiger partial charge in [0.15, 0.2) is 0 Å². The highest BCUT2D eigenvalue weighted by molar-refractivity contribution is 5.77. The molecule has 4 rings (SSSR count). The summed E-state index contributed by atoms with van der Waals surface area (Å²) in [6.45, 7) is 0.923. The average Bonchev–Trinajstić information content (AvgIpc) is 3.11. The Hall–Kier alpha value is -3.33. The van der Waals surface area contributed by atoms with Crippen LogP contribution in [0.1, 0.15) is 12.2 Å². The van der Waals surface area contributed by atoms with Crippen molar-refractivity contribution in [2.45, 2.75) is 19.5 Å². The van der Waals surface area contributed by atoms with E-state index in [-0.39, 0.29) is 5.69 Å². The third-order valence-electron chi connectivity index (χ3n) is 4.16. The zero-order valence-corrected chi connectivity index (χ0v) is 12.9. The number of fused-ring (bicyclic) bond motifs is 2. The van der Waals surface area contributed by atoms with E-state index in [1.165, 1.54) is 0 Å². The maximum absolute atomic E-state index is 12.3. The van der Waals surface area contributed by atoms with Crippen molar-refractivity contribution in [1.82, 2.24) is 19.1 Å². The van der Waals surface area contributed by atoms with Gasteiger partial charge in [0.2, 0.25) is 0 Å². The molecule has 6 heteroatoms. The third-order valence-corrected chi connectivity index (χ3v) is 4.16. The summed E-state index contributed by atoms with van der Waals surface area (Å²) in [5, 5.41) is 8.93. The van der Waals surface area contributed by atoms with Crippen LogP contribution in [0.4, 0.5) is 0 Å². The van der Waals surface area contributed by atoms with Crippen molar-refractivity contribution in [2.24, 2.45) is 0 Å². The van der Waals surface area contributed by atoms with Crippen molar-refractivity contribution in [3.63, 3.8) is 0 Å². The van der Waals surface area contributed by atoms with Crippen molar-refractivity contribution >= 4 is 22.1 Å². The molecule has 2 aromatic heterocycles. The van der Waals surface area contributed by atoms with Gasteiger partial charge in [-0.2, -0.15) is 5.26 Å². The molecule has 0 aliphatic carbocycles. The number of aryl methyl sites for hydroxylation is 1. The van der Waals surface area contributed by atoms with Crippen LogP contribution in [0.2, 0.25) is 0 Å². The van der Waals surface area contributed by atoms with Gasteiger partial charge < -0.3 is 9.55 Å². The van der Waals surface area contributed by atoms with Crippen LogP contribution in [-0.4, -0.2) is 19.1 Å². The molecule has 0 saturated heterocycles. The molecule has 2 heterocycles. The number of H-pyrrole nitrogens is 1. The molecule has 0 aliphatic rings. The van der Waals surface area contributed by atoms with Crippen molar-refractivity contribution < 1.29 is 0 Å². The summed E-state index contributed by atoms with van der Waals surface area (Å²) in [5.41, 5.74) is 3.35. The lowest BCUT2D eigenvalue weighted by molar-refractivity contribution is 0.642. The molecule has 0 amide bonds. The highest BCUT2D eigenvalue weighted by Crippen LogP contribution is 2.18. The lowest BCUT2D eigenvalue weighted by atomic mass is 10.3. The van der Waals surface area contributed by atoms with Crippen molar-refractivity contribution in [3.05, 3.63) is 64.8 Å². The Morgan fingerprint density at radius 2 is 1.79 bits per heavy atom. The maximum atomic E-state index is 12.3. The highest BCUT2D eigenvalue weighted by atomic mass is 16.1. The molecule has 2 aromatic carbocycles. The number of benzene rings is 2. The van der Waals surface area contributed by atoms with Crippen LogP contribution in [0.5, 0.6) is 0 Å². The number of hydrogen-bond acceptors (Lipinski definition) is 3. The van der Waals surface area contributed by atoms with E-state index in [0.717, 1.165) is 27.9 Å². The molecule has 6 nitrogen and oxygen atoms in total. The minimum atomic E-state index is -0.157. The van der Waals surface area contributed by atoms with Crippen LogP contribution < -0.4 is 5.69 Å². The summed E-state index contributed by atoms with van der Waals surface area (Å²) in [6, 6.07) is 17.6. The molecule has 4 aromatic rings. The van der Waals surface area contributed by atoms with Crippen LogP contribution in [0.25, 0.3) is 22.1 Å². The van der Waals surface area contributed by atoms with Gasteiger partial charge in [-0.15, -0.1) is 0 Å². The van der Waals surface area contributed by atoms with Crippen LogP contribution >= 0.6 is 0 Å². The first-order valence-corrected chi connectivity index (χ1v) is 7.76. The zero-order valence-electron chi connectivity index (χ0n) is 12.9. The van der Waals surface area contributed by atoms with E-state index in [4.69, 9.17) is 5.26 Å². The Morgan fingerprint density at radius 1 is 1.04 bits per heavy atom. The topological polar surface area (TPSA) is 79.4 Å². The number of imidazole rings is 2. The van der Waals surface area contributed by atoms with Crippen molar-refractivity contribution in [3.8, 4) is 6.07 Å². The Balaban J connectivity index is 1.85. The molecular weight excluding hydrogens is 302 g/mol. The average molecular weight is 317 g/mol. The Labute approximate surface area is 137 Å². The molecule has 118 valence electrons. The van der Waals surface area contributed by atoms with Crippen LogP contribution in [-0.2, 0) is 13.1 Å². The van der Waals surface area contributed by atoms with Crippen LogP contribution in [0.3, 0.4) is 0 Å². The van der Waals surface area contributed by atoms with Crippen molar-refractivity contribution in [2.75, 3.05) is 0 Å². The summed E-state index contributed by atoms with van der Waals surface area (Å²) in [7, 11) is 0. The maximum Gasteiger partial charge on any atom is 0.326 e. The monoisotopic (exact) mass is 317 g/mol. The van der Waals surface area contributed by atoms with Gasteiger partial charge in [-0.05, 0) is 24.3 Å². The van der Waals surface area contributed by atoms with E-state index < -0.39 is 0 Å². The molecule has 1 N–H and O–H groups in total. The van der Waals surface area contributed by atoms with Gasteiger partial charge in [0, 0.05) is 6.54 Å². The molecule has 0 fully saturated rings. The first-order valence-electron chi connectivity index (χ1n) is 7.76. The minimum Gasteiger partial charge on any atom is -0.325 e. The number of nitrogens with one attached hydrogen (secondary N) is 1. The number of para-hydroxylation sites is 4. The van der Waals surface area contributed by atoms with Gasteiger partial charge in [-0.1, -0.05) is 24.3 Å². The van der Waals surface area contributed by atoms with E-state index in [2.05, 4.69) is 16.0 Å². The lowest BCUT2D eigenvalue weighted by Gasteiger charge is -2.08. The summed E-state index contributed by atoms with van der Waals surface area (Å²) < 4.78 is 3.70. The minimum absolute atomic E-state index is 0.157. The fourth-order valence-corrected chi connectivity index (χ4v) is 3.06. The molecule has 0 radical (unpaired) electrons. The van der Waals surface area contributed by atoms with E-state index in [1.54, 1.807) is 4.57 Å². The van der Waals surface area contributed by atoms with Crippen molar-refractivity contribution in [1.29, 1.82) is 5.26 Å². The molecule has 0 saturated carbocycles. The van der Waals surface area contributed by atoms with Gasteiger partial charge >= 0.3 is 5.69 Å². The third kappa shape index (κ3) is 2.27. The Bertz CT molecular complexity index is 1130. The number of nitrogens with zero attached hydrogens (tertiary/aromatic N) is 4. The smallest absolute Gasteiger partial charge is 0.325 e. The van der Waals surface area contributed by atoms with Gasteiger partial charge in [0.1, 0.15) is 5.82 Å². The summed E-state index contributed by atoms with van der Waals surface area (Å²) in [4.78, 5) is 19.8. The van der Waals surface area contributed by atoms with Gasteiger partial charge in [0.05, 0.1) is 41.1 Å². The van der Waals surface area contributed by atoms with E-state index in [0.29, 0.717) is 19.5 Å². The first-order chi connectivity index (χ1) is 11.8. The summed E-state index contributed by atoms with van der Waals surface area (Å²) >= 11 is 0. The standard InChI is InChI=1S/C18H15N5O/c19-10-5-11-22-15-8-3-1-6-13(15)20-17(22)12-23-16-9-4-2-7-14(16)21-18(23)24/h1-4,6-9H,5,11-12H2,(H,21,24). The predicted octanol–water partition coefficient (Wildman–Crippen LogP) is 2.64. The van der Waals surface area contributed by atoms with Gasteiger partial charge in [-0.25, -0.2) is 9.78 Å². The Kier molecular flexibility index (Phi) is 3.39. The van der Waals surface area contributed by atoms with E-state index >= 15 is 0 Å². The second kappa shape index (κ2) is 5.70. The first kappa shape index (κ1) is 14.3. The largest absolute Gasteiger partial charge is 0.326 e. The van der Waals surface area contributed by atoms with Gasteiger partial charge in [0.25, 0.3) is 0 Å². The molecule has 0 atom stereocenters. The predicted molar refractivity (Wildman–Crippen MR) is 91.6 cm³/mol. The second-order valence-electron chi connectivity index (χ2n) is 5.61. The highest BCUT2D eigenvalue weighted by Gasteiger charge is 2.13. The molecule has 0 bridgehead atoms. The normalized spacial score (nSPS) is 11.1. The summed E-state index contributed by atoms with van der Waals surface area (Å²) in [5.74, 6) is 0.776. The lowest BCUT2D eigenvalue weighted by Crippen LogP contribution is -2.19. The summed E-state index contributed by atoms with van der Waals surface area (Å²) in [6.07, 6.45) is 0.399. The fourth-order valence-electron chi connectivity index (χ4n) is 3.06. The number of nitriles is 1. The quantitative estimate of drug-likeness (QED) is 0.628. The molecule has 0 aliphatic heterocycles. The molecular formula is C18H15N5O. The second-order valence-corrected chi connectivity index (χ2v) is 5.61. The number of aromatic nitrogens is 4. The SMILES string of the molecule is N#CCCn1c(Cn2c(=O)[nH]c3ccccc32)nc2ccccc21. The zero-order chi connectivity index (χ0) is 16.5. The fraction of sp³-hybridized carbons (Fsp3) is 0.167. The molecule has 0 spiro atoms.